The molecule has 2 aliphatic heterocycles. The first-order valence-corrected chi connectivity index (χ1v) is 11.8. The van der Waals surface area contributed by atoms with Gasteiger partial charge in [0.1, 0.15) is 12.0 Å². The van der Waals surface area contributed by atoms with Crippen LogP contribution < -0.4 is 10.1 Å². The molecule has 3 aromatic rings. The van der Waals surface area contributed by atoms with Gasteiger partial charge in [0.05, 0.1) is 39.8 Å². The summed E-state index contributed by atoms with van der Waals surface area (Å²) in [7, 11) is 0. The lowest BCUT2D eigenvalue weighted by atomic mass is 10.00. The van der Waals surface area contributed by atoms with Crippen molar-refractivity contribution in [2.24, 2.45) is 0 Å². The fourth-order valence-corrected chi connectivity index (χ4v) is 5.40. The Bertz CT molecular complexity index is 1180. The molecule has 0 radical (unpaired) electrons. The van der Waals surface area contributed by atoms with Crippen molar-refractivity contribution in [3.05, 3.63) is 34.2 Å². The number of fused-ring (bicyclic) bond motifs is 3. The topological polar surface area (TPSA) is 70.3 Å². The maximum atomic E-state index is 11.9. The van der Waals surface area contributed by atoms with Crippen LogP contribution in [0.3, 0.4) is 0 Å². The lowest BCUT2D eigenvalue weighted by Crippen LogP contribution is -2.24. The van der Waals surface area contributed by atoms with Crippen molar-refractivity contribution >= 4 is 40.0 Å². The highest BCUT2D eigenvalue weighted by molar-refractivity contribution is 6.45. The summed E-state index contributed by atoms with van der Waals surface area (Å²) in [6.07, 6.45) is 7.74. The van der Waals surface area contributed by atoms with Gasteiger partial charge in [0.15, 0.2) is 0 Å². The van der Waals surface area contributed by atoms with E-state index in [9.17, 15) is 4.79 Å². The Morgan fingerprint density at radius 2 is 2.19 bits per heavy atom. The molecule has 1 unspecified atom stereocenters. The third-order valence-electron chi connectivity index (χ3n) is 6.22. The Kier molecular flexibility index (Phi) is 5.82. The molecular formula is C23H26Cl2N4O3. The van der Waals surface area contributed by atoms with E-state index < -0.39 is 0 Å². The number of rotatable bonds is 5. The molecule has 170 valence electrons. The predicted molar refractivity (Wildman–Crippen MR) is 124 cm³/mol. The summed E-state index contributed by atoms with van der Waals surface area (Å²) in [6.45, 7) is 5.45. The number of hydrogen-bond acceptors (Lipinski definition) is 4. The highest BCUT2D eigenvalue weighted by atomic mass is 35.5. The van der Waals surface area contributed by atoms with Crippen molar-refractivity contribution < 1.29 is 14.3 Å². The van der Waals surface area contributed by atoms with Crippen LogP contribution in [0.2, 0.25) is 10.0 Å². The summed E-state index contributed by atoms with van der Waals surface area (Å²) in [5, 5.41) is 9.56. The molecule has 0 saturated carbocycles. The zero-order valence-electron chi connectivity index (χ0n) is 18.2. The van der Waals surface area contributed by atoms with Crippen molar-refractivity contribution in [3.63, 3.8) is 0 Å². The molecule has 1 aromatic carbocycles. The van der Waals surface area contributed by atoms with Crippen LogP contribution >= 0.6 is 23.2 Å². The van der Waals surface area contributed by atoms with Crippen LogP contribution in [0, 0.1) is 0 Å². The van der Waals surface area contributed by atoms with Crippen molar-refractivity contribution in [2.45, 2.75) is 58.3 Å². The van der Waals surface area contributed by atoms with E-state index in [2.05, 4.69) is 15.0 Å². The van der Waals surface area contributed by atoms with Crippen LogP contribution in [0.15, 0.2) is 18.5 Å². The van der Waals surface area contributed by atoms with E-state index >= 15 is 0 Å². The molecule has 2 atom stereocenters. The maximum absolute atomic E-state index is 11.9. The fourth-order valence-electron chi connectivity index (χ4n) is 4.96. The number of carbonyl (C=O) groups is 1. The molecule has 1 fully saturated rings. The molecule has 1 N–H and O–H groups in total. The maximum Gasteiger partial charge on any atom is 0.217 e. The lowest BCUT2D eigenvalue weighted by molar-refractivity contribution is -0.119. The summed E-state index contributed by atoms with van der Waals surface area (Å²) in [4.78, 5) is 11.9. The highest BCUT2D eigenvalue weighted by Gasteiger charge is 2.34. The van der Waals surface area contributed by atoms with Crippen LogP contribution in [-0.2, 0) is 16.1 Å². The molecule has 4 heterocycles. The lowest BCUT2D eigenvalue weighted by Gasteiger charge is -2.22. The van der Waals surface area contributed by atoms with Crippen LogP contribution in [0.25, 0.3) is 22.0 Å². The number of ether oxygens (including phenoxy) is 2. The summed E-state index contributed by atoms with van der Waals surface area (Å²) in [6, 6.07) is 1.64. The van der Waals surface area contributed by atoms with Gasteiger partial charge >= 0.3 is 0 Å². The van der Waals surface area contributed by atoms with Gasteiger partial charge in [-0.1, -0.05) is 23.2 Å². The molecule has 2 aromatic heterocycles. The zero-order chi connectivity index (χ0) is 22.4. The number of halogens is 2. The second-order valence-electron chi connectivity index (χ2n) is 8.31. The van der Waals surface area contributed by atoms with Gasteiger partial charge in [0.25, 0.3) is 0 Å². The first kappa shape index (κ1) is 21.6. The van der Waals surface area contributed by atoms with Gasteiger partial charge in [-0.05, 0) is 32.6 Å². The number of aromatic nitrogens is 3. The van der Waals surface area contributed by atoms with E-state index in [-0.39, 0.29) is 18.2 Å². The Balaban J connectivity index is 1.74. The van der Waals surface area contributed by atoms with Gasteiger partial charge < -0.3 is 19.4 Å². The number of carbonyl (C=O) groups excluding carboxylic acids is 1. The standard InChI is InChI=1S/C23H26Cl2N4O3/c1-3-31-17-10-15(24)21(25)23-20(17)19(22-16(27-13(2)30)7-8-28(22)23)14-11-26-29(12-14)18-6-4-5-9-32-18/h10-12,16,18H,3-9H2,1-2H3,(H,27,30)/t16-,18?/m1/s1. The largest absolute Gasteiger partial charge is 0.493 e. The second kappa shape index (κ2) is 8.61. The molecule has 0 spiro atoms. The van der Waals surface area contributed by atoms with Crippen molar-refractivity contribution in [3.8, 4) is 16.9 Å². The van der Waals surface area contributed by atoms with E-state index in [0.717, 1.165) is 66.6 Å². The molecule has 9 heteroatoms. The van der Waals surface area contributed by atoms with Gasteiger partial charge in [-0.3, -0.25) is 4.79 Å². The van der Waals surface area contributed by atoms with E-state index in [1.165, 1.54) is 0 Å². The summed E-state index contributed by atoms with van der Waals surface area (Å²) in [5.74, 6) is 0.608. The average Bonchev–Trinajstić information content (AvgIpc) is 3.48. The van der Waals surface area contributed by atoms with Crippen LogP contribution in [0.1, 0.15) is 57.5 Å². The average molecular weight is 477 g/mol. The minimum Gasteiger partial charge on any atom is -0.493 e. The Morgan fingerprint density at radius 3 is 2.91 bits per heavy atom. The monoisotopic (exact) mass is 476 g/mol. The van der Waals surface area contributed by atoms with E-state index in [4.69, 9.17) is 32.7 Å². The molecule has 32 heavy (non-hydrogen) atoms. The number of hydrogen-bond donors (Lipinski definition) is 1. The second-order valence-corrected chi connectivity index (χ2v) is 9.10. The van der Waals surface area contributed by atoms with Crippen LogP contribution in [0.5, 0.6) is 5.75 Å². The Morgan fingerprint density at radius 1 is 1.34 bits per heavy atom. The molecular weight excluding hydrogens is 451 g/mol. The van der Waals surface area contributed by atoms with Gasteiger partial charge in [-0.15, -0.1) is 0 Å². The van der Waals surface area contributed by atoms with Crippen LogP contribution in [0.4, 0.5) is 0 Å². The number of nitrogens with one attached hydrogen (secondary N) is 1. The number of amides is 1. The number of nitrogens with zero attached hydrogens (tertiary/aromatic N) is 3. The summed E-state index contributed by atoms with van der Waals surface area (Å²) in [5.41, 5.74) is 3.75. The quantitative estimate of drug-likeness (QED) is 0.528. The summed E-state index contributed by atoms with van der Waals surface area (Å²) >= 11 is 13.2. The van der Waals surface area contributed by atoms with Crippen molar-refractivity contribution in [1.82, 2.24) is 19.7 Å². The van der Waals surface area contributed by atoms with E-state index in [0.29, 0.717) is 22.4 Å². The van der Waals surface area contributed by atoms with Crippen molar-refractivity contribution in [2.75, 3.05) is 13.2 Å². The molecule has 0 aliphatic carbocycles. The van der Waals surface area contributed by atoms with Gasteiger partial charge in [-0.25, -0.2) is 4.68 Å². The van der Waals surface area contributed by atoms with Crippen LogP contribution in [-0.4, -0.2) is 33.5 Å². The molecule has 1 saturated heterocycles. The predicted octanol–water partition coefficient (Wildman–Crippen LogP) is 5.49. The van der Waals surface area contributed by atoms with Gasteiger partial charge in [0.2, 0.25) is 5.91 Å². The molecule has 5 rings (SSSR count). The third-order valence-corrected chi connectivity index (χ3v) is 6.99. The van der Waals surface area contributed by atoms with Gasteiger partial charge in [0, 0.05) is 49.2 Å². The minimum absolute atomic E-state index is 0.0602. The third kappa shape index (κ3) is 3.56. The smallest absolute Gasteiger partial charge is 0.217 e. The van der Waals surface area contributed by atoms with Crippen molar-refractivity contribution in [1.29, 1.82) is 0 Å². The highest BCUT2D eigenvalue weighted by Crippen LogP contribution is 2.50. The molecule has 1 amide bonds. The molecule has 0 bridgehead atoms. The number of benzene rings is 1. The minimum atomic E-state index is -0.131. The molecule has 2 aliphatic rings. The molecule has 7 nitrogen and oxygen atoms in total. The summed E-state index contributed by atoms with van der Waals surface area (Å²) < 4.78 is 16.0. The zero-order valence-corrected chi connectivity index (χ0v) is 19.7. The fraction of sp³-hybridized carbons (Fsp3) is 0.478. The Labute approximate surface area is 196 Å². The first-order chi connectivity index (χ1) is 15.5. The number of aryl methyl sites for hydroxylation is 1. The van der Waals surface area contributed by atoms with E-state index in [1.54, 1.807) is 13.0 Å². The first-order valence-electron chi connectivity index (χ1n) is 11.1. The normalized spacial score (nSPS) is 20.5. The SMILES string of the molecule is CCOc1cc(Cl)c(Cl)c2c1c(-c1cnn(C3CCCCO3)c1)c1n2CC[C@H]1NC(C)=O. The van der Waals surface area contributed by atoms with Gasteiger partial charge in [-0.2, -0.15) is 5.10 Å². The van der Waals surface area contributed by atoms with E-state index in [1.807, 2.05) is 24.0 Å². The Hall–Kier alpha value is -2.22.